The molecule has 128 valence electrons. The second kappa shape index (κ2) is 5.77. The van der Waals surface area contributed by atoms with Crippen molar-refractivity contribution in [3.63, 3.8) is 0 Å². The van der Waals surface area contributed by atoms with Gasteiger partial charge in [0.05, 0.1) is 22.8 Å². The summed E-state index contributed by atoms with van der Waals surface area (Å²) in [4.78, 5) is 39.6. The molecule has 2 aromatic rings. The Kier molecular flexibility index (Phi) is 3.56. The highest BCUT2D eigenvalue weighted by Gasteiger charge is 2.41. The fraction of sp³-hybridized carbons (Fsp3) is 0.278. The van der Waals surface area contributed by atoms with E-state index >= 15 is 0 Å². The number of anilines is 1. The van der Waals surface area contributed by atoms with Crippen LogP contribution in [0.5, 0.6) is 0 Å². The largest absolute Gasteiger partial charge is 0.456 e. The summed E-state index contributed by atoms with van der Waals surface area (Å²) in [7, 11) is 0. The van der Waals surface area contributed by atoms with Crippen LogP contribution < -0.4 is 16.6 Å². The average Bonchev–Trinajstić information content (AvgIpc) is 2.98. The molecule has 0 spiro atoms. The number of rotatable bonds is 3. The van der Waals surface area contributed by atoms with Gasteiger partial charge in [0, 0.05) is 6.54 Å². The molecule has 0 amide bonds. The van der Waals surface area contributed by atoms with Crippen molar-refractivity contribution in [2.75, 3.05) is 11.9 Å². The number of carbonyl (C=O) groups excluding carboxylic acids is 1. The summed E-state index contributed by atoms with van der Waals surface area (Å²) < 4.78 is 6.69. The minimum atomic E-state index is -0.560. The van der Waals surface area contributed by atoms with Crippen molar-refractivity contribution in [3.8, 4) is 0 Å². The zero-order chi connectivity index (χ0) is 17.6. The van der Waals surface area contributed by atoms with Crippen molar-refractivity contribution in [3.05, 3.63) is 73.6 Å². The van der Waals surface area contributed by atoms with E-state index in [0.717, 1.165) is 12.0 Å². The number of esters is 1. The topological polar surface area (TPSA) is 93.2 Å². The Hall–Kier alpha value is -3.09. The van der Waals surface area contributed by atoms with Gasteiger partial charge in [-0.2, -0.15) is 0 Å². The summed E-state index contributed by atoms with van der Waals surface area (Å²) in [5.74, 6) is -0.550. The van der Waals surface area contributed by atoms with Gasteiger partial charge in [0.2, 0.25) is 0 Å². The van der Waals surface area contributed by atoms with Crippen LogP contribution in [0.2, 0.25) is 0 Å². The van der Waals surface area contributed by atoms with Gasteiger partial charge >= 0.3 is 11.7 Å². The number of aromatic nitrogens is 2. The minimum Gasteiger partial charge on any atom is -0.456 e. The van der Waals surface area contributed by atoms with E-state index in [2.05, 4.69) is 10.3 Å². The molecular formula is C18H17N3O4. The van der Waals surface area contributed by atoms with Gasteiger partial charge in [-0.05, 0) is 12.0 Å². The minimum absolute atomic E-state index is 0.115. The Morgan fingerprint density at radius 3 is 2.68 bits per heavy atom. The Bertz CT molecular complexity index is 1000. The lowest BCUT2D eigenvalue weighted by molar-refractivity contribution is -0.136. The van der Waals surface area contributed by atoms with Crippen molar-refractivity contribution in [1.82, 2.24) is 9.55 Å². The first-order chi connectivity index (χ1) is 12.1. The summed E-state index contributed by atoms with van der Waals surface area (Å²) in [5, 5.41) is 3.10. The van der Waals surface area contributed by atoms with Gasteiger partial charge in [0.25, 0.3) is 5.56 Å². The molecule has 7 nitrogen and oxygen atoms in total. The van der Waals surface area contributed by atoms with Gasteiger partial charge in [-0.1, -0.05) is 37.3 Å². The maximum absolute atomic E-state index is 12.6. The SMILES string of the molecule is CCCn1c2c(c(=O)[nH]c1=O)[C@H](c1ccccc1)C1=C(COC1=O)N2. The number of cyclic esters (lactones) is 1. The summed E-state index contributed by atoms with van der Waals surface area (Å²) in [6.45, 7) is 2.53. The summed E-state index contributed by atoms with van der Waals surface area (Å²) in [6, 6.07) is 9.31. The van der Waals surface area contributed by atoms with E-state index in [4.69, 9.17) is 4.74 Å². The molecule has 0 fully saturated rings. The fourth-order valence-corrected chi connectivity index (χ4v) is 3.50. The number of carbonyl (C=O) groups is 1. The zero-order valence-electron chi connectivity index (χ0n) is 13.7. The Morgan fingerprint density at radius 1 is 1.20 bits per heavy atom. The number of ether oxygens (including phenoxy) is 1. The van der Waals surface area contributed by atoms with Gasteiger partial charge in [-0.3, -0.25) is 14.3 Å². The molecule has 1 aromatic carbocycles. The first-order valence-electron chi connectivity index (χ1n) is 8.21. The highest BCUT2D eigenvalue weighted by molar-refractivity contribution is 5.96. The number of benzene rings is 1. The molecular weight excluding hydrogens is 322 g/mol. The van der Waals surface area contributed by atoms with Crippen molar-refractivity contribution < 1.29 is 9.53 Å². The average molecular weight is 339 g/mol. The first-order valence-corrected chi connectivity index (χ1v) is 8.21. The molecule has 0 aliphatic carbocycles. The molecule has 0 unspecified atom stereocenters. The number of aromatic amines is 1. The lowest BCUT2D eigenvalue weighted by atomic mass is 9.83. The number of nitrogens with one attached hydrogen (secondary N) is 2. The van der Waals surface area contributed by atoms with Gasteiger partial charge in [-0.15, -0.1) is 0 Å². The normalized spacial score (nSPS) is 18.4. The van der Waals surface area contributed by atoms with Crippen LogP contribution in [0.15, 0.2) is 51.2 Å². The summed E-state index contributed by atoms with van der Waals surface area (Å²) in [6.07, 6.45) is 0.734. The van der Waals surface area contributed by atoms with Crippen LogP contribution in [0.3, 0.4) is 0 Å². The smallest absolute Gasteiger partial charge is 0.337 e. The quantitative estimate of drug-likeness (QED) is 0.823. The fourth-order valence-electron chi connectivity index (χ4n) is 3.50. The van der Waals surface area contributed by atoms with Crippen molar-refractivity contribution >= 4 is 11.8 Å². The molecule has 3 heterocycles. The summed E-state index contributed by atoms with van der Waals surface area (Å²) >= 11 is 0. The van der Waals surface area contributed by atoms with Crippen LogP contribution in [-0.2, 0) is 16.1 Å². The van der Waals surface area contributed by atoms with Crippen molar-refractivity contribution in [1.29, 1.82) is 0 Å². The Balaban J connectivity index is 2.04. The van der Waals surface area contributed by atoms with Gasteiger partial charge in [0.15, 0.2) is 0 Å². The lowest BCUT2D eigenvalue weighted by Gasteiger charge is -2.28. The van der Waals surface area contributed by atoms with E-state index < -0.39 is 23.1 Å². The third-order valence-corrected chi connectivity index (χ3v) is 4.55. The molecule has 1 atom stereocenters. The third-order valence-electron chi connectivity index (χ3n) is 4.55. The second-order valence-electron chi connectivity index (χ2n) is 6.11. The highest BCUT2D eigenvalue weighted by atomic mass is 16.5. The van der Waals surface area contributed by atoms with E-state index in [-0.39, 0.29) is 6.61 Å². The second-order valence-corrected chi connectivity index (χ2v) is 6.11. The van der Waals surface area contributed by atoms with Crippen LogP contribution in [0.1, 0.15) is 30.4 Å². The van der Waals surface area contributed by atoms with Crippen LogP contribution in [0, 0.1) is 0 Å². The number of hydrogen-bond donors (Lipinski definition) is 2. The van der Waals surface area contributed by atoms with Crippen molar-refractivity contribution in [2.45, 2.75) is 25.8 Å². The predicted molar refractivity (Wildman–Crippen MR) is 91.5 cm³/mol. The Morgan fingerprint density at radius 2 is 1.96 bits per heavy atom. The number of H-pyrrole nitrogens is 1. The molecule has 0 saturated heterocycles. The molecule has 0 bridgehead atoms. The van der Waals surface area contributed by atoms with E-state index in [0.29, 0.717) is 29.2 Å². The molecule has 2 aliphatic heterocycles. The molecule has 0 saturated carbocycles. The zero-order valence-corrected chi connectivity index (χ0v) is 13.7. The molecule has 2 N–H and O–H groups in total. The van der Waals surface area contributed by atoms with Crippen LogP contribution in [0.25, 0.3) is 0 Å². The van der Waals surface area contributed by atoms with Gasteiger partial charge in [-0.25, -0.2) is 9.59 Å². The third kappa shape index (κ3) is 2.31. The van der Waals surface area contributed by atoms with Crippen molar-refractivity contribution in [2.24, 2.45) is 0 Å². The molecule has 0 radical (unpaired) electrons. The predicted octanol–water partition coefficient (Wildman–Crippen LogP) is 1.31. The molecule has 25 heavy (non-hydrogen) atoms. The number of nitrogens with zero attached hydrogens (tertiary/aromatic N) is 1. The van der Waals surface area contributed by atoms with E-state index in [1.807, 2.05) is 37.3 Å². The summed E-state index contributed by atoms with van der Waals surface area (Å²) in [5.41, 5.74) is 1.28. The van der Waals surface area contributed by atoms with Crippen LogP contribution in [-0.4, -0.2) is 22.1 Å². The van der Waals surface area contributed by atoms with E-state index in [1.165, 1.54) is 4.57 Å². The van der Waals surface area contributed by atoms with E-state index in [1.54, 1.807) is 0 Å². The van der Waals surface area contributed by atoms with Crippen LogP contribution in [0.4, 0.5) is 5.82 Å². The molecule has 2 aliphatic rings. The maximum atomic E-state index is 12.6. The van der Waals surface area contributed by atoms with Gasteiger partial charge < -0.3 is 10.1 Å². The van der Waals surface area contributed by atoms with Gasteiger partial charge in [0.1, 0.15) is 12.4 Å². The number of hydrogen-bond acceptors (Lipinski definition) is 5. The molecule has 1 aromatic heterocycles. The number of fused-ring (bicyclic) bond motifs is 1. The standard InChI is InChI=1S/C18H17N3O4/c1-2-8-21-15-14(16(22)20-18(21)24)12(10-6-4-3-5-7-10)13-11(19-15)9-25-17(13)23/h3-7,12,19H,2,8-9H2,1H3,(H,20,22,24)/t12-/m1/s1. The molecule has 7 heteroatoms. The van der Waals surface area contributed by atoms with E-state index in [9.17, 15) is 14.4 Å². The first kappa shape index (κ1) is 15.4. The highest BCUT2D eigenvalue weighted by Crippen LogP contribution is 2.42. The van der Waals surface area contributed by atoms with Crippen LogP contribution >= 0.6 is 0 Å². The maximum Gasteiger partial charge on any atom is 0.337 e. The monoisotopic (exact) mass is 339 g/mol. The lowest BCUT2D eigenvalue weighted by Crippen LogP contribution is -2.38. The molecule has 4 rings (SSSR count). The Labute approximate surface area is 143 Å².